The Hall–Kier alpha value is -0.610. The van der Waals surface area contributed by atoms with E-state index in [1.807, 2.05) is 6.92 Å². The van der Waals surface area contributed by atoms with Crippen LogP contribution in [0, 0.1) is 5.41 Å². The first-order chi connectivity index (χ1) is 7.43. The number of aliphatic imine (C=N–C) groups is 1. The first kappa shape index (κ1) is 13.5. The highest BCUT2D eigenvalue weighted by Crippen LogP contribution is 2.21. The molecule has 0 amide bonds. The summed E-state index contributed by atoms with van der Waals surface area (Å²) in [4.78, 5) is 4.25. The van der Waals surface area contributed by atoms with Gasteiger partial charge in [0.05, 0.1) is 12.6 Å². The Labute approximate surface area is 97.7 Å². The summed E-state index contributed by atoms with van der Waals surface area (Å²) in [6.07, 6.45) is 0.801. The van der Waals surface area contributed by atoms with Crippen LogP contribution in [0.4, 0.5) is 0 Å². The summed E-state index contributed by atoms with van der Waals surface area (Å²) < 4.78 is 10.6. The molecular formula is C12H23NO3. The van der Waals surface area contributed by atoms with Gasteiger partial charge in [0.15, 0.2) is 12.2 Å². The second-order valence-electron chi connectivity index (χ2n) is 5.13. The predicted molar refractivity (Wildman–Crippen MR) is 63.5 cm³/mol. The summed E-state index contributed by atoms with van der Waals surface area (Å²) in [5, 5.41) is 9.71. The van der Waals surface area contributed by atoms with Gasteiger partial charge in [-0.05, 0) is 11.8 Å². The molecular weight excluding hydrogens is 206 g/mol. The van der Waals surface area contributed by atoms with Crippen molar-refractivity contribution in [1.82, 2.24) is 0 Å². The van der Waals surface area contributed by atoms with Crippen molar-refractivity contribution in [3.05, 3.63) is 0 Å². The molecule has 1 aliphatic heterocycles. The van der Waals surface area contributed by atoms with Crippen molar-refractivity contribution >= 4 is 5.90 Å². The van der Waals surface area contributed by atoms with E-state index in [1.54, 1.807) is 0 Å². The third-order valence-corrected chi connectivity index (χ3v) is 2.95. The molecule has 0 fully saturated rings. The van der Waals surface area contributed by atoms with E-state index in [-0.39, 0.29) is 11.5 Å². The summed E-state index contributed by atoms with van der Waals surface area (Å²) in [5.41, 5.74) is 0.117. The molecule has 1 rings (SSSR count). The van der Waals surface area contributed by atoms with Gasteiger partial charge in [-0.2, -0.15) is 0 Å². The van der Waals surface area contributed by atoms with Crippen LogP contribution >= 0.6 is 0 Å². The molecule has 0 aromatic heterocycles. The molecule has 2 unspecified atom stereocenters. The van der Waals surface area contributed by atoms with Crippen LogP contribution in [0.15, 0.2) is 4.99 Å². The molecule has 94 valence electrons. The second kappa shape index (κ2) is 5.64. The number of hydrogen-bond acceptors (Lipinski definition) is 4. The summed E-state index contributed by atoms with van der Waals surface area (Å²) >= 11 is 0. The zero-order valence-electron chi connectivity index (χ0n) is 10.7. The zero-order valence-corrected chi connectivity index (χ0v) is 10.7. The minimum absolute atomic E-state index is 0.0414. The van der Waals surface area contributed by atoms with Crippen LogP contribution in [0.1, 0.15) is 40.5 Å². The van der Waals surface area contributed by atoms with E-state index in [0.717, 1.165) is 6.42 Å². The second-order valence-corrected chi connectivity index (χ2v) is 5.13. The van der Waals surface area contributed by atoms with Crippen molar-refractivity contribution in [1.29, 1.82) is 0 Å². The summed E-state index contributed by atoms with van der Waals surface area (Å²) in [6, 6.07) is 0.0414. The van der Waals surface area contributed by atoms with Crippen molar-refractivity contribution in [2.75, 3.05) is 13.2 Å². The average molecular weight is 229 g/mol. The van der Waals surface area contributed by atoms with Crippen LogP contribution in [0.5, 0.6) is 0 Å². The standard InChI is InChI=1S/C12H23NO3/c1-5-12(3,4)8-16-11(14)6-10-7-15-9(2)13-10/h10-11,14H,5-8H2,1-4H3. The third-order valence-electron chi connectivity index (χ3n) is 2.95. The van der Waals surface area contributed by atoms with Gasteiger partial charge in [-0.1, -0.05) is 20.8 Å². The fraction of sp³-hybridized carbons (Fsp3) is 0.917. The van der Waals surface area contributed by atoms with E-state index < -0.39 is 6.29 Å². The zero-order chi connectivity index (χ0) is 12.2. The number of aliphatic hydroxyl groups excluding tert-OH is 1. The molecule has 2 atom stereocenters. The Balaban J connectivity index is 2.23. The Morgan fingerprint density at radius 1 is 1.62 bits per heavy atom. The molecule has 1 N–H and O–H groups in total. The molecule has 0 aliphatic carbocycles. The largest absolute Gasteiger partial charge is 0.479 e. The molecule has 0 saturated carbocycles. The van der Waals surface area contributed by atoms with Crippen molar-refractivity contribution in [2.45, 2.75) is 52.9 Å². The van der Waals surface area contributed by atoms with Crippen molar-refractivity contribution in [2.24, 2.45) is 10.4 Å². The van der Waals surface area contributed by atoms with Crippen LogP contribution in [0.2, 0.25) is 0 Å². The van der Waals surface area contributed by atoms with Crippen molar-refractivity contribution in [3.63, 3.8) is 0 Å². The van der Waals surface area contributed by atoms with Crippen molar-refractivity contribution < 1.29 is 14.6 Å². The molecule has 0 radical (unpaired) electrons. The molecule has 0 bridgehead atoms. The lowest BCUT2D eigenvalue weighted by molar-refractivity contribution is -0.127. The maximum atomic E-state index is 9.71. The first-order valence-corrected chi connectivity index (χ1v) is 5.90. The average Bonchev–Trinajstić information content (AvgIpc) is 2.61. The molecule has 0 spiro atoms. The lowest BCUT2D eigenvalue weighted by Crippen LogP contribution is -2.26. The van der Waals surface area contributed by atoms with Gasteiger partial charge in [-0.3, -0.25) is 0 Å². The third kappa shape index (κ3) is 4.49. The minimum atomic E-state index is -0.742. The van der Waals surface area contributed by atoms with Gasteiger partial charge in [0.2, 0.25) is 0 Å². The predicted octanol–water partition coefficient (Wildman–Crippen LogP) is 1.96. The Bertz CT molecular complexity index is 251. The topological polar surface area (TPSA) is 51.0 Å². The van der Waals surface area contributed by atoms with E-state index in [9.17, 15) is 5.11 Å². The molecule has 4 nitrogen and oxygen atoms in total. The molecule has 1 aliphatic rings. The lowest BCUT2D eigenvalue weighted by Gasteiger charge is -2.24. The molecule has 16 heavy (non-hydrogen) atoms. The van der Waals surface area contributed by atoms with Gasteiger partial charge < -0.3 is 14.6 Å². The van der Waals surface area contributed by atoms with Gasteiger partial charge in [0.1, 0.15) is 6.61 Å². The Morgan fingerprint density at radius 3 is 2.81 bits per heavy atom. The van der Waals surface area contributed by atoms with Crippen LogP contribution in [0.3, 0.4) is 0 Å². The highest BCUT2D eigenvalue weighted by Gasteiger charge is 2.22. The SMILES string of the molecule is CCC(C)(C)COC(O)CC1COC(C)=N1. The first-order valence-electron chi connectivity index (χ1n) is 5.90. The fourth-order valence-corrected chi connectivity index (χ4v) is 1.39. The van der Waals surface area contributed by atoms with Gasteiger partial charge in [-0.15, -0.1) is 0 Å². The number of aliphatic hydroxyl groups is 1. The molecule has 0 aromatic carbocycles. The number of nitrogens with zero attached hydrogens (tertiary/aromatic N) is 1. The van der Waals surface area contributed by atoms with Crippen LogP contribution < -0.4 is 0 Å². The van der Waals surface area contributed by atoms with Crippen molar-refractivity contribution in [3.8, 4) is 0 Å². The van der Waals surface area contributed by atoms with E-state index in [2.05, 4.69) is 25.8 Å². The maximum absolute atomic E-state index is 9.71. The minimum Gasteiger partial charge on any atom is -0.479 e. The fourth-order valence-electron chi connectivity index (χ4n) is 1.39. The lowest BCUT2D eigenvalue weighted by atomic mass is 9.92. The molecule has 4 heteroatoms. The van der Waals surface area contributed by atoms with E-state index in [4.69, 9.17) is 9.47 Å². The van der Waals surface area contributed by atoms with E-state index >= 15 is 0 Å². The number of rotatable bonds is 6. The van der Waals surface area contributed by atoms with Crippen LogP contribution in [0.25, 0.3) is 0 Å². The van der Waals surface area contributed by atoms with E-state index in [0.29, 0.717) is 25.5 Å². The smallest absolute Gasteiger partial charge is 0.180 e. The summed E-state index contributed by atoms with van der Waals surface area (Å²) in [6.45, 7) is 9.33. The monoisotopic (exact) mass is 229 g/mol. The van der Waals surface area contributed by atoms with E-state index in [1.165, 1.54) is 0 Å². The van der Waals surface area contributed by atoms with Crippen LogP contribution in [-0.4, -0.2) is 36.5 Å². The quantitative estimate of drug-likeness (QED) is 0.708. The molecule has 0 aromatic rings. The maximum Gasteiger partial charge on any atom is 0.180 e. The highest BCUT2D eigenvalue weighted by molar-refractivity contribution is 5.74. The van der Waals surface area contributed by atoms with Gasteiger partial charge in [0, 0.05) is 13.3 Å². The van der Waals surface area contributed by atoms with Gasteiger partial charge in [0.25, 0.3) is 0 Å². The van der Waals surface area contributed by atoms with Gasteiger partial charge >= 0.3 is 0 Å². The summed E-state index contributed by atoms with van der Waals surface area (Å²) in [7, 11) is 0. The Kier molecular flexibility index (Phi) is 4.74. The Morgan fingerprint density at radius 2 is 2.31 bits per heavy atom. The number of hydrogen-bond donors (Lipinski definition) is 1. The normalized spacial score (nSPS) is 22.8. The number of ether oxygens (including phenoxy) is 2. The van der Waals surface area contributed by atoms with Crippen LogP contribution in [-0.2, 0) is 9.47 Å². The molecule has 1 heterocycles. The highest BCUT2D eigenvalue weighted by atomic mass is 16.6. The summed E-state index contributed by atoms with van der Waals surface area (Å²) in [5.74, 6) is 0.700. The van der Waals surface area contributed by atoms with Gasteiger partial charge in [-0.25, -0.2) is 4.99 Å². The molecule has 0 saturated heterocycles.